The van der Waals surface area contributed by atoms with E-state index in [1.165, 1.54) is 0 Å². The minimum absolute atomic E-state index is 0. The number of rotatable bonds is 2. The largest absolute Gasteiger partial charge is 0.496 e. The maximum atomic E-state index is 5.49. The van der Waals surface area contributed by atoms with E-state index >= 15 is 0 Å². The summed E-state index contributed by atoms with van der Waals surface area (Å²) in [6.45, 7) is 1.67. The summed E-state index contributed by atoms with van der Waals surface area (Å²) >= 11 is 0. The Morgan fingerprint density at radius 2 is 2.21 bits per heavy atom. The molecule has 0 aliphatic carbocycles. The van der Waals surface area contributed by atoms with Gasteiger partial charge in [-0.25, -0.2) is 0 Å². The highest BCUT2D eigenvalue weighted by Crippen LogP contribution is 2.26. The van der Waals surface area contributed by atoms with Crippen molar-refractivity contribution < 1.29 is 9.47 Å². The van der Waals surface area contributed by atoms with Crippen molar-refractivity contribution in [3.63, 3.8) is 0 Å². The first-order chi connectivity index (χ1) is 6.42. The van der Waals surface area contributed by atoms with Crippen LogP contribution < -0.4 is 10.1 Å². The van der Waals surface area contributed by atoms with Crippen molar-refractivity contribution in [3.05, 3.63) is 29.8 Å². The average Bonchev–Trinajstić information content (AvgIpc) is 2.70. The standard InChI is InChI=1S/C10H13NO2.ClH/c1-12-9-5-3-2-4-8(9)10-11-6-7-13-10;/h2-5,10-11H,6-7H2,1H3;1H. The van der Waals surface area contributed by atoms with Gasteiger partial charge in [0.15, 0.2) is 0 Å². The first-order valence-corrected chi connectivity index (χ1v) is 4.40. The fourth-order valence-corrected chi connectivity index (χ4v) is 1.51. The van der Waals surface area contributed by atoms with E-state index in [9.17, 15) is 0 Å². The number of benzene rings is 1. The number of para-hydroxylation sites is 1. The van der Waals surface area contributed by atoms with Crippen LogP contribution in [0, 0.1) is 0 Å². The van der Waals surface area contributed by atoms with Gasteiger partial charge in [0.05, 0.1) is 13.7 Å². The third kappa shape index (κ3) is 2.18. The second-order valence-electron chi connectivity index (χ2n) is 2.95. The fraction of sp³-hybridized carbons (Fsp3) is 0.400. The van der Waals surface area contributed by atoms with Gasteiger partial charge in [-0.1, -0.05) is 18.2 Å². The summed E-state index contributed by atoms with van der Waals surface area (Å²) in [6, 6.07) is 7.90. The molecule has 1 N–H and O–H groups in total. The van der Waals surface area contributed by atoms with Crippen molar-refractivity contribution in [2.24, 2.45) is 0 Å². The van der Waals surface area contributed by atoms with E-state index in [0.29, 0.717) is 0 Å². The number of halogens is 1. The van der Waals surface area contributed by atoms with Crippen LogP contribution in [0.5, 0.6) is 5.75 Å². The van der Waals surface area contributed by atoms with Crippen LogP contribution in [0.4, 0.5) is 0 Å². The molecule has 1 aliphatic rings. The first-order valence-electron chi connectivity index (χ1n) is 4.40. The molecular formula is C10H14ClNO2. The third-order valence-electron chi connectivity index (χ3n) is 2.14. The molecule has 4 heteroatoms. The van der Waals surface area contributed by atoms with Crippen LogP contribution >= 0.6 is 12.4 Å². The molecule has 1 aromatic carbocycles. The molecular weight excluding hydrogens is 202 g/mol. The van der Waals surface area contributed by atoms with E-state index in [4.69, 9.17) is 9.47 Å². The second-order valence-corrected chi connectivity index (χ2v) is 2.95. The van der Waals surface area contributed by atoms with Gasteiger partial charge in [0.2, 0.25) is 0 Å². The molecule has 0 radical (unpaired) electrons. The minimum atomic E-state index is -0.00356. The van der Waals surface area contributed by atoms with E-state index in [-0.39, 0.29) is 18.6 Å². The lowest BCUT2D eigenvalue weighted by Gasteiger charge is -2.13. The molecule has 0 bridgehead atoms. The topological polar surface area (TPSA) is 30.5 Å². The summed E-state index contributed by atoms with van der Waals surface area (Å²) in [5.74, 6) is 0.877. The van der Waals surface area contributed by atoms with Gasteiger partial charge in [0.1, 0.15) is 12.0 Å². The molecule has 0 aromatic heterocycles. The molecule has 1 heterocycles. The summed E-state index contributed by atoms with van der Waals surface area (Å²) in [4.78, 5) is 0. The lowest BCUT2D eigenvalue weighted by Crippen LogP contribution is -2.14. The van der Waals surface area contributed by atoms with Crippen molar-refractivity contribution in [3.8, 4) is 5.75 Å². The van der Waals surface area contributed by atoms with E-state index < -0.39 is 0 Å². The highest BCUT2D eigenvalue weighted by Gasteiger charge is 2.19. The maximum absolute atomic E-state index is 5.49. The molecule has 14 heavy (non-hydrogen) atoms. The smallest absolute Gasteiger partial charge is 0.138 e. The zero-order valence-electron chi connectivity index (χ0n) is 8.03. The molecule has 0 saturated carbocycles. The van der Waals surface area contributed by atoms with E-state index in [1.807, 2.05) is 24.3 Å². The molecule has 1 atom stereocenters. The number of hydrogen-bond acceptors (Lipinski definition) is 3. The predicted molar refractivity (Wildman–Crippen MR) is 56.9 cm³/mol. The fourth-order valence-electron chi connectivity index (χ4n) is 1.51. The monoisotopic (exact) mass is 215 g/mol. The normalized spacial score (nSPS) is 20.2. The first kappa shape index (κ1) is 11.3. The van der Waals surface area contributed by atoms with Crippen molar-refractivity contribution in [1.82, 2.24) is 5.32 Å². The van der Waals surface area contributed by atoms with Gasteiger partial charge in [0.25, 0.3) is 0 Å². The zero-order chi connectivity index (χ0) is 9.10. The summed E-state index contributed by atoms with van der Waals surface area (Å²) in [5.41, 5.74) is 1.07. The van der Waals surface area contributed by atoms with Crippen molar-refractivity contribution in [2.45, 2.75) is 6.23 Å². The number of ether oxygens (including phenoxy) is 2. The van der Waals surface area contributed by atoms with Crippen LogP contribution in [0.3, 0.4) is 0 Å². The summed E-state index contributed by atoms with van der Waals surface area (Å²) in [6.07, 6.45) is -0.00356. The van der Waals surface area contributed by atoms with E-state index in [2.05, 4.69) is 5.32 Å². The molecule has 1 aromatic rings. The minimum Gasteiger partial charge on any atom is -0.496 e. The maximum Gasteiger partial charge on any atom is 0.138 e. The van der Waals surface area contributed by atoms with Gasteiger partial charge in [0, 0.05) is 12.1 Å². The second kappa shape index (κ2) is 5.20. The highest BCUT2D eigenvalue weighted by molar-refractivity contribution is 5.85. The van der Waals surface area contributed by atoms with E-state index in [1.54, 1.807) is 7.11 Å². The lowest BCUT2D eigenvalue weighted by molar-refractivity contribution is 0.0996. The Morgan fingerprint density at radius 1 is 1.43 bits per heavy atom. The highest BCUT2D eigenvalue weighted by atomic mass is 35.5. The summed E-state index contributed by atoms with van der Waals surface area (Å²) in [5, 5.41) is 3.25. The molecule has 0 spiro atoms. The van der Waals surface area contributed by atoms with Gasteiger partial charge in [-0.15, -0.1) is 12.4 Å². The number of nitrogens with one attached hydrogen (secondary N) is 1. The molecule has 3 nitrogen and oxygen atoms in total. The Labute approximate surface area is 89.8 Å². The third-order valence-corrected chi connectivity index (χ3v) is 2.14. The quantitative estimate of drug-likeness (QED) is 0.815. The molecule has 78 valence electrons. The van der Waals surface area contributed by atoms with Gasteiger partial charge in [-0.3, -0.25) is 5.32 Å². The summed E-state index contributed by atoms with van der Waals surface area (Å²) < 4.78 is 10.7. The predicted octanol–water partition coefficient (Wildman–Crippen LogP) is 1.74. The number of methoxy groups -OCH3 is 1. The lowest BCUT2D eigenvalue weighted by atomic mass is 10.2. The van der Waals surface area contributed by atoms with Crippen LogP contribution in [-0.4, -0.2) is 20.3 Å². The average molecular weight is 216 g/mol. The van der Waals surface area contributed by atoms with Gasteiger partial charge in [-0.2, -0.15) is 0 Å². The summed E-state index contributed by atoms with van der Waals surface area (Å²) in [7, 11) is 1.67. The number of hydrogen-bond donors (Lipinski definition) is 1. The molecule has 1 fully saturated rings. The molecule has 1 saturated heterocycles. The van der Waals surface area contributed by atoms with E-state index in [0.717, 1.165) is 24.5 Å². The van der Waals surface area contributed by atoms with Crippen molar-refractivity contribution in [2.75, 3.05) is 20.3 Å². The van der Waals surface area contributed by atoms with Gasteiger partial charge >= 0.3 is 0 Å². The zero-order valence-corrected chi connectivity index (χ0v) is 8.84. The van der Waals surface area contributed by atoms with Crippen LogP contribution in [-0.2, 0) is 4.74 Å². The Morgan fingerprint density at radius 3 is 2.86 bits per heavy atom. The molecule has 1 unspecified atom stereocenters. The Hall–Kier alpha value is -0.770. The van der Waals surface area contributed by atoms with Gasteiger partial charge < -0.3 is 9.47 Å². The van der Waals surface area contributed by atoms with Crippen LogP contribution in [0.2, 0.25) is 0 Å². The Bertz CT molecular complexity index is 287. The SMILES string of the molecule is COc1ccccc1C1NCCO1.Cl. The molecule has 0 amide bonds. The molecule has 2 rings (SSSR count). The Balaban J connectivity index is 0.000000980. The van der Waals surface area contributed by atoms with Crippen molar-refractivity contribution in [1.29, 1.82) is 0 Å². The van der Waals surface area contributed by atoms with Crippen LogP contribution in [0.1, 0.15) is 11.8 Å². The van der Waals surface area contributed by atoms with Crippen LogP contribution in [0.25, 0.3) is 0 Å². The van der Waals surface area contributed by atoms with Crippen molar-refractivity contribution >= 4 is 12.4 Å². The van der Waals surface area contributed by atoms with Gasteiger partial charge in [-0.05, 0) is 6.07 Å². The Kier molecular flexibility index (Phi) is 4.20. The van der Waals surface area contributed by atoms with Crippen LogP contribution in [0.15, 0.2) is 24.3 Å². The molecule has 1 aliphatic heterocycles.